The predicted octanol–water partition coefficient (Wildman–Crippen LogP) is 3.94. The summed E-state index contributed by atoms with van der Waals surface area (Å²) >= 11 is 1.03. The molecule has 0 aromatic heterocycles. The van der Waals surface area contributed by atoms with E-state index in [0.29, 0.717) is 39.0 Å². The van der Waals surface area contributed by atoms with Gasteiger partial charge in [-0.25, -0.2) is 4.79 Å². The number of nitrogens with one attached hydrogen (secondary N) is 1. The van der Waals surface area contributed by atoms with E-state index in [1.54, 1.807) is 49.4 Å². The van der Waals surface area contributed by atoms with Crippen LogP contribution in [0.4, 0.5) is 5.69 Å². The van der Waals surface area contributed by atoms with Crippen LogP contribution in [-0.2, 0) is 9.53 Å². The van der Waals surface area contributed by atoms with E-state index in [1.165, 1.54) is 26.2 Å². The summed E-state index contributed by atoms with van der Waals surface area (Å²) in [6.07, 6.45) is 1.65. The van der Waals surface area contributed by atoms with E-state index in [-0.39, 0.29) is 17.7 Å². The van der Waals surface area contributed by atoms with Crippen LogP contribution in [0.2, 0.25) is 0 Å². The Kier molecular flexibility index (Phi) is 6.86. The molecular weight excluding hydrogens is 420 g/mol. The second-order valence-corrected chi connectivity index (χ2v) is 7.28. The first kappa shape index (κ1) is 22.2. The number of benzene rings is 2. The van der Waals surface area contributed by atoms with Crippen molar-refractivity contribution in [1.29, 1.82) is 5.41 Å². The SMILES string of the molecule is CCOC(=O)c1ccc(N2C(=N)S/C(=C/c3ccc(OC)c(OC)c3OC)C2=O)cc1. The van der Waals surface area contributed by atoms with Crippen molar-refractivity contribution in [3.8, 4) is 17.2 Å². The van der Waals surface area contributed by atoms with Crippen molar-refractivity contribution < 1.29 is 28.5 Å². The van der Waals surface area contributed by atoms with Crippen LogP contribution in [0.3, 0.4) is 0 Å². The van der Waals surface area contributed by atoms with E-state index in [9.17, 15) is 9.59 Å². The van der Waals surface area contributed by atoms with E-state index < -0.39 is 5.97 Å². The van der Waals surface area contributed by atoms with Crippen molar-refractivity contribution in [3.63, 3.8) is 0 Å². The summed E-state index contributed by atoms with van der Waals surface area (Å²) in [5.41, 5.74) is 1.48. The molecule has 0 saturated carbocycles. The number of nitrogens with zero attached hydrogens (tertiary/aromatic N) is 1. The van der Waals surface area contributed by atoms with Crippen LogP contribution in [-0.4, -0.2) is 45.0 Å². The number of thioether (sulfide) groups is 1. The lowest BCUT2D eigenvalue weighted by Crippen LogP contribution is -2.28. The number of anilines is 1. The Hall–Kier alpha value is -3.46. The lowest BCUT2D eigenvalue weighted by Gasteiger charge is -2.15. The number of amidine groups is 1. The topological polar surface area (TPSA) is 98.2 Å². The summed E-state index contributed by atoms with van der Waals surface area (Å²) in [5, 5.41) is 8.33. The minimum absolute atomic E-state index is 0.0552. The summed E-state index contributed by atoms with van der Waals surface area (Å²) in [6, 6.07) is 9.82. The zero-order valence-corrected chi connectivity index (χ0v) is 18.4. The number of ether oxygens (including phenoxy) is 4. The Morgan fingerprint density at radius 2 is 1.71 bits per heavy atom. The van der Waals surface area contributed by atoms with Gasteiger partial charge in [0.2, 0.25) is 5.75 Å². The molecular formula is C22H22N2O6S. The molecule has 0 radical (unpaired) electrons. The molecule has 31 heavy (non-hydrogen) atoms. The van der Waals surface area contributed by atoms with E-state index in [0.717, 1.165) is 11.8 Å². The molecule has 3 rings (SSSR count). The van der Waals surface area contributed by atoms with Crippen LogP contribution in [0.5, 0.6) is 17.2 Å². The summed E-state index contributed by atoms with van der Waals surface area (Å²) in [5.74, 6) is 0.550. The third-order valence-electron chi connectivity index (χ3n) is 4.48. The van der Waals surface area contributed by atoms with Crippen molar-refractivity contribution in [2.45, 2.75) is 6.92 Å². The van der Waals surface area contributed by atoms with Gasteiger partial charge in [0.1, 0.15) is 0 Å². The molecule has 8 nitrogen and oxygen atoms in total. The number of amides is 1. The third kappa shape index (κ3) is 4.36. The average molecular weight is 442 g/mol. The number of rotatable bonds is 7. The highest BCUT2D eigenvalue weighted by Gasteiger charge is 2.34. The summed E-state index contributed by atoms with van der Waals surface area (Å²) in [6.45, 7) is 2.01. The van der Waals surface area contributed by atoms with Gasteiger partial charge < -0.3 is 18.9 Å². The Bertz CT molecular complexity index is 1050. The van der Waals surface area contributed by atoms with Crippen LogP contribution in [0, 0.1) is 5.41 Å². The third-order valence-corrected chi connectivity index (χ3v) is 5.37. The van der Waals surface area contributed by atoms with Crippen LogP contribution >= 0.6 is 11.8 Å². The molecule has 0 atom stereocenters. The van der Waals surface area contributed by atoms with Crippen molar-refractivity contribution >= 4 is 40.6 Å². The lowest BCUT2D eigenvalue weighted by atomic mass is 10.1. The molecule has 2 aromatic rings. The smallest absolute Gasteiger partial charge is 0.338 e. The van der Waals surface area contributed by atoms with Gasteiger partial charge in [-0.1, -0.05) is 0 Å². The molecule has 162 valence electrons. The Labute approximate surface area is 184 Å². The maximum Gasteiger partial charge on any atom is 0.338 e. The Balaban J connectivity index is 1.92. The molecule has 9 heteroatoms. The maximum absolute atomic E-state index is 13.0. The minimum Gasteiger partial charge on any atom is -0.493 e. The molecule has 1 fully saturated rings. The highest BCUT2D eigenvalue weighted by atomic mass is 32.2. The lowest BCUT2D eigenvalue weighted by molar-refractivity contribution is -0.113. The van der Waals surface area contributed by atoms with Crippen LogP contribution in [0.1, 0.15) is 22.8 Å². The molecule has 1 aliphatic rings. The van der Waals surface area contributed by atoms with Crippen molar-refractivity contribution in [3.05, 3.63) is 52.4 Å². The number of hydrogen-bond acceptors (Lipinski definition) is 8. The monoisotopic (exact) mass is 442 g/mol. The van der Waals surface area contributed by atoms with Crippen LogP contribution in [0.25, 0.3) is 6.08 Å². The number of carbonyl (C=O) groups excluding carboxylic acids is 2. The number of carbonyl (C=O) groups is 2. The average Bonchev–Trinajstić information content (AvgIpc) is 3.06. The summed E-state index contributed by atoms with van der Waals surface area (Å²) < 4.78 is 21.1. The Morgan fingerprint density at radius 3 is 2.29 bits per heavy atom. The minimum atomic E-state index is -0.438. The maximum atomic E-state index is 13.0. The number of esters is 1. The van der Waals surface area contributed by atoms with E-state index in [4.69, 9.17) is 24.4 Å². The number of methoxy groups -OCH3 is 3. The van der Waals surface area contributed by atoms with Crippen LogP contribution < -0.4 is 19.1 Å². The van der Waals surface area contributed by atoms with Gasteiger partial charge in [-0.05, 0) is 61.2 Å². The zero-order chi connectivity index (χ0) is 22.5. The fourth-order valence-corrected chi connectivity index (χ4v) is 3.91. The predicted molar refractivity (Wildman–Crippen MR) is 119 cm³/mol. The first-order chi connectivity index (χ1) is 14.9. The van der Waals surface area contributed by atoms with Crippen molar-refractivity contribution in [2.24, 2.45) is 0 Å². The fourth-order valence-electron chi connectivity index (χ4n) is 3.06. The van der Waals surface area contributed by atoms with Gasteiger partial charge in [0.15, 0.2) is 16.7 Å². The Morgan fingerprint density at radius 1 is 1.03 bits per heavy atom. The van der Waals surface area contributed by atoms with Gasteiger partial charge in [0.05, 0.1) is 44.1 Å². The molecule has 0 unspecified atom stereocenters. The summed E-state index contributed by atoms with van der Waals surface area (Å²) in [4.78, 5) is 26.5. The molecule has 0 aliphatic carbocycles. The van der Waals surface area contributed by atoms with Crippen molar-refractivity contribution in [2.75, 3.05) is 32.8 Å². The highest BCUT2D eigenvalue weighted by Crippen LogP contribution is 2.42. The van der Waals surface area contributed by atoms with Crippen LogP contribution in [0.15, 0.2) is 41.3 Å². The van der Waals surface area contributed by atoms with Gasteiger partial charge in [-0.15, -0.1) is 0 Å². The van der Waals surface area contributed by atoms with Gasteiger partial charge in [-0.3, -0.25) is 15.1 Å². The second kappa shape index (κ2) is 9.57. The molecule has 1 saturated heterocycles. The fraction of sp³-hybridized carbons (Fsp3) is 0.227. The second-order valence-electron chi connectivity index (χ2n) is 6.25. The molecule has 1 amide bonds. The first-order valence-corrected chi connectivity index (χ1v) is 10.2. The molecule has 0 spiro atoms. The van der Waals surface area contributed by atoms with Gasteiger partial charge in [0.25, 0.3) is 5.91 Å². The molecule has 2 aromatic carbocycles. The normalized spacial score (nSPS) is 14.7. The van der Waals surface area contributed by atoms with Gasteiger partial charge in [0, 0.05) is 5.56 Å². The van der Waals surface area contributed by atoms with Gasteiger partial charge in [-0.2, -0.15) is 0 Å². The molecule has 0 bridgehead atoms. The first-order valence-electron chi connectivity index (χ1n) is 9.33. The highest BCUT2D eigenvalue weighted by molar-refractivity contribution is 8.19. The number of hydrogen-bond donors (Lipinski definition) is 1. The zero-order valence-electron chi connectivity index (χ0n) is 17.6. The quantitative estimate of drug-likeness (QED) is 0.512. The summed E-state index contributed by atoms with van der Waals surface area (Å²) in [7, 11) is 4.53. The molecule has 1 aliphatic heterocycles. The molecule has 1 heterocycles. The standard InChI is InChI=1S/C22H22N2O6S/c1-5-30-21(26)13-6-9-15(10-7-13)24-20(25)17(31-22(24)23)12-14-8-11-16(27-2)19(29-4)18(14)28-3/h6-12,23H,5H2,1-4H3/b17-12+,23-22?. The largest absolute Gasteiger partial charge is 0.493 e. The van der Waals surface area contributed by atoms with Crippen molar-refractivity contribution in [1.82, 2.24) is 0 Å². The van der Waals surface area contributed by atoms with Gasteiger partial charge >= 0.3 is 5.97 Å². The van der Waals surface area contributed by atoms with E-state index in [1.807, 2.05) is 0 Å². The molecule has 1 N–H and O–H groups in total. The van der Waals surface area contributed by atoms with E-state index in [2.05, 4.69) is 0 Å². The van der Waals surface area contributed by atoms with E-state index >= 15 is 0 Å².